The zero-order valence-electron chi connectivity index (χ0n) is 7.26. The fourth-order valence-electron chi connectivity index (χ4n) is 1.07. The van der Waals surface area contributed by atoms with Crippen molar-refractivity contribution in [1.29, 1.82) is 0 Å². The molecule has 0 saturated heterocycles. The Labute approximate surface area is 67.7 Å². The molecule has 1 heterocycles. The molecule has 1 aromatic rings. The molecule has 2 heteroatoms. The molecular weight excluding hydrogens is 136 g/mol. The summed E-state index contributed by atoms with van der Waals surface area (Å²) in [6.45, 7) is 10.0. The van der Waals surface area contributed by atoms with Gasteiger partial charge in [-0.05, 0) is 13.8 Å². The highest BCUT2D eigenvalue weighted by molar-refractivity contribution is 5.19. The van der Waals surface area contributed by atoms with Crippen LogP contribution in [0, 0.1) is 13.8 Å². The third-order valence-corrected chi connectivity index (χ3v) is 1.52. The van der Waals surface area contributed by atoms with Crippen LogP contribution < -0.4 is 0 Å². The largest absolute Gasteiger partial charge is 0.258 e. The van der Waals surface area contributed by atoms with E-state index in [-0.39, 0.29) is 5.41 Å². The lowest BCUT2D eigenvalue weighted by Crippen LogP contribution is -2.16. The lowest BCUT2D eigenvalue weighted by atomic mass is 9.91. The minimum absolute atomic E-state index is 0.141. The Balaban J connectivity index is 3.14. The van der Waals surface area contributed by atoms with Gasteiger partial charge in [-0.25, -0.2) is 0 Å². The first-order valence-electron chi connectivity index (χ1n) is 3.65. The molecule has 0 aliphatic carbocycles. The van der Waals surface area contributed by atoms with E-state index >= 15 is 0 Å². The molecule has 1 aromatic heterocycles. The van der Waals surface area contributed by atoms with E-state index in [1.165, 1.54) is 0 Å². The molecule has 0 aliphatic heterocycles. The lowest BCUT2D eigenvalue weighted by molar-refractivity contribution is 0.626. The van der Waals surface area contributed by atoms with Gasteiger partial charge in [-0.3, -0.25) is 9.97 Å². The second kappa shape index (κ2) is 2.61. The predicted octanol–water partition coefficient (Wildman–Crippen LogP) is 1.90. The van der Waals surface area contributed by atoms with Gasteiger partial charge < -0.3 is 0 Å². The standard InChI is InChI=1S/C9H13N2/c1-7-8(9(2,3)4)11-6-5-10-7/h5-6H,2H2,1,3-4H3. The van der Waals surface area contributed by atoms with Crippen molar-refractivity contribution in [3.8, 4) is 0 Å². The fourth-order valence-corrected chi connectivity index (χ4v) is 1.07. The summed E-state index contributed by atoms with van der Waals surface area (Å²) in [5, 5.41) is 0. The Morgan fingerprint density at radius 2 is 1.82 bits per heavy atom. The summed E-state index contributed by atoms with van der Waals surface area (Å²) >= 11 is 0. The smallest absolute Gasteiger partial charge is 0.0671 e. The highest BCUT2D eigenvalue weighted by Crippen LogP contribution is 2.20. The topological polar surface area (TPSA) is 25.8 Å². The summed E-state index contributed by atoms with van der Waals surface area (Å²) in [6, 6.07) is 0. The molecule has 0 fully saturated rings. The number of aromatic nitrogens is 2. The maximum atomic E-state index is 4.22. The van der Waals surface area contributed by atoms with E-state index in [0.29, 0.717) is 0 Å². The maximum absolute atomic E-state index is 4.22. The van der Waals surface area contributed by atoms with Gasteiger partial charge in [-0.2, -0.15) is 0 Å². The fraction of sp³-hybridized carbons (Fsp3) is 0.444. The molecule has 0 spiro atoms. The molecule has 2 nitrogen and oxygen atoms in total. The molecule has 0 aliphatic rings. The summed E-state index contributed by atoms with van der Waals surface area (Å²) in [5.74, 6) is 0. The maximum Gasteiger partial charge on any atom is 0.0671 e. The van der Waals surface area contributed by atoms with Crippen LogP contribution in [0.2, 0.25) is 0 Å². The average molecular weight is 149 g/mol. The summed E-state index contributed by atoms with van der Waals surface area (Å²) in [4.78, 5) is 8.37. The van der Waals surface area contributed by atoms with Gasteiger partial charge in [0.25, 0.3) is 0 Å². The van der Waals surface area contributed by atoms with Crippen molar-refractivity contribution >= 4 is 0 Å². The number of hydrogen-bond acceptors (Lipinski definition) is 2. The summed E-state index contributed by atoms with van der Waals surface area (Å²) < 4.78 is 0. The predicted molar refractivity (Wildman–Crippen MR) is 45.2 cm³/mol. The summed E-state index contributed by atoms with van der Waals surface area (Å²) in [6.07, 6.45) is 3.40. The Bertz CT molecular complexity index is 248. The number of hydrogen-bond donors (Lipinski definition) is 0. The van der Waals surface area contributed by atoms with Crippen LogP contribution in [0.15, 0.2) is 12.4 Å². The second-order valence-electron chi connectivity index (χ2n) is 3.37. The van der Waals surface area contributed by atoms with Gasteiger partial charge in [-0.1, -0.05) is 13.8 Å². The van der Waals surface area contributed by atoms with Crippen LogP contribution in [0.3, 0.4) is 0 Å². The van der Waals surface area contributed by atoms with Crippen molar-refractivity contribution in [2.45, 2.75) is 26.2 Å². The molecule has 1 radical (unpaired) electrons. The van der Waals surface area contributed by atoms with Crippen LogP contribution in [-0.4, -0.2) is 9.97 Å². The SMILES string of the molecule is [CH2]C(C)(C)c1nccnc1C. The molecular formula is C9H13N2. The van der Waals surface area contributed by atoms with Gasteiger partial charge in [0.2, 0.25) is 0 Å². The van der Waals surface area contributed by atoms with E-state index in [1.54, 1.807) is 12.4 Å². The van der Waals surface area contributed by atoms with Gasteiger partial charge in [0.05, 0.1) is 11.4 Å². The van der Waals surface area contributed by atoms with Gasteiger partial charge in [0.15, 0.2) is 0 Å². The molecule has 0 aromatic carbocycles. The molecule has 0 N–H and O–H groups in total. The zero-order valence-corrected chi connectivity index (χ0v) is 7.26. The molecule has 0 atom stereocenters. The molecule has 0 amide bonds. The molecule has 59 valence electrons. The number of rotatable bonds is 1. The van der Waals surface area contributed by atoms with Crippen molar-refractivity contribution in [1.82, 2.24) is 9.97 Å². The number of aryl methyl sites for hydroxylation is 1. The molecule has 0 saturated carbocycles. The Morgan fingerprint density at radius 1 is 1.27 bits per heavy atom. The third-order valence-electron chi connectivity index (χ3n) is 1.52. The van der Waals surface area contributed by atoms with Gasteiger partial charge >= 0.3 is 0 Å². The highest BCUT2D eigenvalue weighted by Gasteiger charge is 2.17. The van der Waals surface area contributed by atoms with E-state index in [0.717, 1.165) is 11.4 Å². The summed E-state index contributed by atoms with van der Waals surface area (Å²) in [5.41, 5.74) is 1.80. The molecule has 0 unspecified atom stereocenters. The van der Waals surface area contributed by atoms with Crippen LogP contribution in [-0.2, 0) is 5.41 Å². The van der Waals surface area contributed by atoms with E-state index in [1.807, 2.05) is 20.8 Å². The normalized spacial score (nSPS) is 11.6. The minimum Gasteiger partial charge on any atom is -0.258 e. The van der Waals surface area contributed by atoms with Gasteiger partial charge in [0, 0.05) is 17.8 Å². The van der Waals surface area contributed by atoms with Crippen LogP contribution >= 0.6 is 0 Å². The van der Waals surface area contributed by atoms with Crippen LogP contribution in [0.5, 0.6) is 0 Å². The lowest BCUT2D eigenvalue weighted by Gasteiger charge is -2.18. The van der Waals surface area contributed by atoms with Gasteiger partial charge in [-0.15, -0.1) is 0 Å². The van der Waals surface area contributed by atoms with Crippen LogP contribution in [0.1, 0.15) is 25.2 Å². The minimum atomic E-state index is -0.141. The first-order valence-corrected chi connectivity index (χ1v) is 3.65. The molecule has 0 bridgehead atoms. The van der Waals surface area contributed by atoms with Crippen molar-refractivity contribution in [2.24, 2.45) is 0 Å². The quantitative estimate of drug-likeness (QED) is 0.609. The second-order valence-corrected chi connectivity index (χ2v) is 3.37. The van der Waals surface area contributed by atoms with E-state index in [2.05, 4.69) is 16.9 Å². The van der Waals surface area contributed by atoms with Crippen LogP contribution in [0.25, 0.3) is 0 Å². The van der Waals surface area contributed by atoms with E-state index in [4.69, 9.17) is 0 Å². The van der Waals surface area contributed by atoms with Crippen molar-refractivity contribution in [3.05, 3.63) is 30.7 Å². The van der Waals surface area contributed by atoms with E-state index < -0.39 is 0 Å². The Kier molecular flexibility index (Phi) is 1.94. The average Bonchev–Trinajstić information content (AvgIpc) is 1.86. The van der Waals surface area contributed by atoms with Crippen molar-refractivity contribution in [3.63, 3.8) is 0 Å². The first kappa shape index (κ1) is 8.18. The summed E-state index contributed by atoms with van der Waals surface area (Å²) in [7, 11) is 0. The van der Waals surface area contributed by atoms with Crippen LogP contribution in [0.4, 0.5) is 0 Å². The van der Waals surface area contributed by atoms with E-state index in [9.17, 15) is 0 Å². The monoisotopic (exact) mass is 149 g/mol. The number of nitrogens with zero attached hydrogens (tertiary/aromatic N) is 2. The van der Waals surface area contributed by atoms with Crippen molar-refractivity contribution in [2.75, 3.05) is 0 Å². The first-order chi connectivity index (χ1) is 5.02. The van der Waals surface area contributed by atoms with Crippen molar-refractivity contribution < 1.29 is 0 Å². The molecule has 1 rings (SSSR count). The Morgan fingerprint density at radius 3 is 2.18 bits per heavy atom. The zero-order chi connectivity index (χ0) is 8.48. The Hall–Kier alpha value is -0.920. The molecule has 11 heavy (non-hydrogen) atoms. The van der Waals surface area contributed by atoms with Gasteiger partial charge in [0.1, 0.15) is 0 Å². The third kappa shape index (κ3) is 1.76. The highest BCUT2D eigenvalue weighted by atomic mass is 14.8.